The largest absolute Gasteiger partial charge is 0.494 e. The van der Waals surface area contributed by atoms with Gasteiger partial charge in [-0.1, -0.05) is 18.6 Å². The summed E-state index contributed by atoms with van der Waals surface area (Å²) in [6.07, 6.45) is 5.09. The average Bonchev–Trinajstić information content (AvgIpc) is 2.44. The minimum Gasteiger partial charge on any atom is -0.494 e. The molecule has 0 bridgehead atoms. The summed E-state index contributed by atoms with van der Waals surface area (Å²) in [5, 5.41) is 0. The number of nitrogens with zero attached hydrogens (tertiary/aromatic N) is 1. The highest BCUT2D eigenvalue weighted by Gasteiger charge is 2.21. The van der Waals surface area contributed by atoms with Gasteiger partial charge in [0.2, 0.25) is 0 Å². The predicted molar refractivity (Wildman–Crippen MR) is 86.6 cm³/mol. The van der Waals surface area contributed by atoms with Crippen LogP contribution in [0.1, 0.15) is 38.2 Å². The molecule has 1 aliphatic heterocycles. The van der Waals surface area contributed by atoms with Crippen molar-refractivity contribution >= 4 is 12.4 Å². The van der Waals surface area contributed by atoms with Gasteiger partial charge in [-0.15, -0.1) is 12.4 Å². The van der Waals surface area contributed by atoms with Crippen LogP contribution in [0.15, 0.2) is 24.3 Å². The van der Waals surface area contributed by atoms with Crippen molar-refractivity contribution in [1.82, 2.24) is 4.90 Å². The smallest absolute Gasteiger partial charge is 0.119 e. The molecule has 2 N–H and O–H groups in total. The first kappa shape index (κ1) is 17.3. The third-order valence-electron chi connectivity index (χ3n) is 3.87. The van der Waals surface area contributed by atoms with Crippen LogP contribution in [0, 0.1) is 0 Å². The standard InChI is InChI=1S/C16H26N2O.ClH/c1-2-19-16-8-6-14(7-9-16)13-18-12-4-3-5-15(18)10-11-17;/h6-9,15H,2-5,10-13,17H2,1H3;1H. The van der Waals surface area contributed by atoms with Gasteiger partial charge < -0.3 is 10.5 Å². The molecule has 0 radical (unpaired) electrons. The molecule has 4 heteroatoms. The molecule has 1 heterocycles. The van der Waals surface area contributed by atoms with Gasteiger partial charge in [0.1, 0.15) is 5.75 Å². The first-order valence-corrected chi connectivity index (χ1v) is 7.49. The number of ether oxygens (including phenoxy) is 1. The summed E-state index contributed by atoms with van der Waals surface area (Å²) in [4.78, 5) is 2.59. The lowest BCUT2D eigenvalue weighted by Gasteiger charge is -2.35. The second-order valence-corrected chi connectivity index (χ2v) is 5.27. The molecule has 0 aromatic heterocycles. The lowest BCUT2D eigenvalue weighted by molar-refractivity contribution is 0.134. The van der Waals surface area contributed by atoms with E-state index in [1.54, 1.807) is 0 Å². The summed E-state index contributed by atoms with van der Waals surface area (Å²) in [6.45, 7) is 5.78. The van der Waals surface area contributed by atoms with Gasteiger partial charge >= 0.3 is 0 Å². The van der Waals surface area contributed by atoms with E-state index in [-0.39, 0.29) is 12.4 Å². The summed E-state index contributed by atoms with van der Waals surface area (Å²) < 4.78 is 5.48. The maximum absolute atomic E-state index is 5.72. The van der Waals surface area contributed by atoms with Crippen LogP contribution in [0.4, 0.5) is 0 Å². The lowest BCUT2D eigenvalue weighted by Crippen LogP contribution is -2.40. The Morgan fingerprint density at radius 2 is 2.00 bits per heavy atom. The fourth-order valence-corrected chi connectivity index (χ4v) is 2.88. The summed E-state index contributed by atoms with van der Waals surface area (Å²) >= 11 is 0. The van der Waals surface area contributed by atoms with E-state index >= 15 is 0 Å². The SMILES string of the molecule is CCOc1ccc(CN2CCCCC2CCN)cc1.Cl. The van der Waals surface area contributed by atoms with E-state index in [9.17, 15) is 0 Å². The molecule has 2 rings (SSSR count). The average molecular weight is 299 g/mol. The van der Waals surface area contributed by atoms with Gasteiger partial charge in [-0.2, -0.15) is 0 Å². The van der Waals surface area contributed by atoms with Gasteiger partial charge in [0.15, 0.2) is 0 Å². The van der Waals surface area contributed by atoms with Gasteiger partial charge in [-0.3, -0.25) is 4.90 Å². The number of hydrogen-bond donors (Lipinski definition) is 1. The quantitative estimate of drug-likeness (QED) is 0.876. The first-order valence-electron chi connectivity index (χ1n) is 7.49. The fourth-order valence-electron chi connectivity index (χ4n) is 2.88. The Morgan fingerprint density at radius 1 is 1.25 bits per heavy atom. The number of halogens is 1. The number of rotatable bonds is 6. The van der Waals surface area contributed by atoms with E-state index in [1.807, 2.05) is 6.92 Å². The molecule has 0 amide bonds. The molecule has 20 heavy (non-hydrogen) atoms. The number of piperidine rings is 1. The summed E-state index contributed by atoms with van der Waals surface area (Å²) in [5.41, 5.74) is 7.09. The number of benzene rings is 1. The van der Waals surface area contributed by atoms with Crippen molar-refractivity contribution in [1.29, 1.82) is 0 Å². The van der Waals surface area contributed by atoms with Crippen molar-refractivity contribution < 1.29 is 4.74 Å². The monoisotopic (exact) mass is 298 g/mol. The summed E-state index contributed by atoms with van der Waals surface area (Å²) in [6, 6.07) is 9.17. The van der Waals surface area contributed by atoms with Crippen LogP contribution < -0.4 is 10.5 Å². The van der Waals surface area contributed by atoms with Crippen LogP contribution in [0.25, 0.3) is 0 Å². The maximum atomic E-state index is 5.72. The van der Waals surface area contributed by atoms with E-state index < -0.39 is 0 Å². The molecule has 0 spiro atoms. The van der Waals surface area contributed by atoms with E-state index in [4.69, 9.17) is 10.5 Å². The zero-order valence-corrected chi connectivity index (χ0v) is 13.2. The minimum absolute atomic E-state index is 0. The zero-order valence-electron chi connectivity index (χ0n) is 12.4. The molecule has 0 aliphatic carbocycles. The van der Waals surface area contributed by atoms with Crippen molar-refractivity contribution in [3.8, 4) is 5.75 Å². The second-order valence-electron chi connectivity index (χ2n) is 5.27. The van der Waals surface area contributed by atoms with Gasteiger partial charge in [0.25, 0.3) is 0 Å². The molecular formula is C16H27ClN2O. The Kier molecular flexibility index (Phi) is 7.97. The Hall–Kier alpha value is -0.770. The maximum Gasteiger partial charge on any atom is 0.119 e. The van der Waals surface area contributed by atoms with Crippen molar-refractivity contribution in [3.63, 3.8) is 0 Å². The van der Waals surface area contributed by atoms with E-state index in [0.29, 0.717) is 6.04 Å². The molecule has 1 aromatic carbocycles. The summed E-state index contributed by atoms with van der Waals surface area (Å²) in [5.74, 6) is 0.961. The van der Waals surface area contributed by atoms with Crippen LogP contribution in [0.5, 0.6) is 5.75 Å². The van der Waals surface area contributed by atoms with Crippen LogP contribution >= 0.6 is 12.4 Å². The zero-order chi connectivity index (χ0) is 13.5. The molecule has 3 nitrogen and oxygen atoms in total. The van der Waals surface area contributed by atoms with Crippen molar-refractivity contribution in [2.24, 2.45) is 5.73 Å². The molecule has 1 fully saturated rings. The third-order valence-corrected chi connectivity index (χ3v) is 3.87. The third kappa shape index (κ3) is 4.97. The number of hydrogen-bond acceptors (Lipinski definition) is 3. The van der Waals surface area contributed by atoms with Crippen molar-refractivity contribution in [3.05, 3.63) is 29.8 Å². The Morgan fingerprint density at radius 3 is 2.65 bits per heavy atom. The minimum atomic E-state index is 0. The van der Waals surface area contributed by atoms with Gasteiger partial charge in [0.05, 0.1) is 6.61 Å². The highest BCUT2D eigenvalue weighted by molar-refractivity contribution is 5.85. The first-order chi connectivity index (χ1) is 9.33. The van der Waals surface area contributed by atoms with Crippen molar-refractivity contribution in [2.75, 3.05) is 19.7 Å². The van der Waals surface area contributed by atoms with Gasteiger partial charge in [0, 0.05) is 12.6 Å². The summed E-state index contributed by atoms with van der Waals surface area (Å²) in [7, 11) is 0. The molecule has 1 saturated heterocycles. The Balaban J connectivity index is 0.00000200. The predicted octanol–water partition coefficient (Wildman–Crippen LogP) is 3.21. The van der Waals surface area contributed by atoms with Gasteiger partial charge in [-0.25, -0.2) is 0 Å². The van der Waals surface area contributed by atoms with Crippen LogP contribution in [0.3, 0.4) is 0 Å². The molecule has 1 aromatic rings. The van der Waals surface area contributed by atoms with Crippen LogP contribution in [-0.2, 0) is 6.54 Å². The molecular weight excluding hydrogens is 272 g/mol. The number of likely N-dealkylation sites (tertiary alicyclic amines) is 1. The lowest BCUT2D eigenvalue weighted by atomic mass is 9.98. The molecule has 1 atom stereocenters. The van der Waals surface area contributed by atoms with E-state index in [1.165, 1.54) is 31.4 Å². The van der Waals surface area contributed by atoms with Crippen molar-refractivity contribution in [2.45, 2.75) is 45.2 Å². The highest BCUT2D eigenvalue weighted by Crippen LogP contribution is 2.22. The Bertz CT molecular complexity index is 367. The van der Waals surface area contributed by atoms with E-state index in [2.05, 4.69) is 29.2 Å². The van der Waals surface area contributed by atoms with Crippen LogP contribution in [-0.4, -0.2) is 30.6 Å². The second kappa shape index (κ2) is 9.22. The molecule has 1 aliphatic rings. The molecule has 114 valence electrons. The molecule has 0 saturated carbocycles. The van der Waals surface area contributed by atoms with Gasteiger partial charge in [-0.05, 0) is 57.0 Å². The van der Waals surface area contributed by atoms with E-state index in [0.717, 1.165) is 31.9 Å². The topological polar surface area (TPSA) is 38.5 Å². The van der Waals surface area contributed by atoms with Crippen LogP contribution in [0.2, 0.25) is 0 Å². The number of nitrogens with two attached hydrogens (primary N) is 1. The Labute approximate surface area is 128 Å². The highest BCUT2D eigenvalue weighted by atomic mass is 35.5. The normalized spacial score (nSPS) is 19.4. The fraction of sp³-hybridized carbons (Fsp3) is 0.625. The molecule has 1 unspecified atom stereocenters.